The molecule has 0 saturated heterocycles. The molecule has 0 unspecified atom stereocenters. The van der Waals surface area contributed by atoms with E-state index in [0.717, 1.165) is 31.2 Å². The largest absolute Gasteiger partial charge is 0.462 e. The highest BCUT2D eigenvalue weighted by Gasteiger charge is 2.19. The van der Waals surface area contributed by atoms with Gasteiger partial charge in [0.2, 0.25) is 0 Å². The zero-order chi connectivity index (χ0) is 11.4. The van der Waals surface area contributed by atoms with Crippen molar-refractivity contribution < 1.29 is 13.9 Å². The Labute approximate surface area is 94.4 Å². The molecule has 0 atom stereocenters. The van der Waals surface area contributed by atoms with Crippen LogP contribution in [0.5, 0.6) is 0 Å². The maximum Gasteiger partial charge on any atom is 0.310 e. The molecule has 1 fully saturated rings. The quantitative estimate of drug-likeness (QED) is 0.735. The molecule has 2 nitrogen and oxygen atoms in total. The molecule has 1 aromatic carbocycles. The van der Waals surface area contributed by atoms with Crippen LogP contribution in [-0.2, 0) is 16.0 Å². The summed E-state index contributed by atoms with van der Waals surface area (Å²) in [6, 6.07) is 5.95. The first-order valence-corrected chi connectivity index (χ1v) is 5.68. The van der Waals surface area contributed by atoms with E-state index in [1.54, 1.807) is 12.1 Å². The Bertz CT molecular complexity index is 353. The Morgan fingerprint density at radius 3 is 2.50 bits per heavy atom. The predicted octanol–water partition coefficient (Wildman–Crippen LogP) is 2.85. The third-order valence-corrected chi connectivity index (χ3v) is 2.86. The fourth-order valence-electron chi connectivity index (χ4n) is 2.00. The number of benzene rings is 1. The topological polar surface area (TPSA) is 26.3 Å². The summed E-state index contributed by atoms with van der Waals surface area (Å²) in [5.74, 6) is -0.494. The Balaban J connectivity index is 1.84. The lowest BCUT2D eigenvalue weighted by Crippen LogP contribution is -2.16. The van der Waals surface area contributed by atoms with Gasteiger partial charge in [-0.2, -0.15) is 0 Å². The second kappa shape index (κ2) is 5.10. The van der Waals surface area contributed by atoms with Crippen LogP contribution in [0.15, 0.2) is 24.3 Å². The highest BCUT2D eigenvalue weighted by Crippen LogP contribution is 2.21. The van der Waals surface area contributed by atoms with Gasteiger partial charge in [0, 0.05) is 0 Å². The van der Waals surface area contributed by atoms with Gasteiger partial charge in [0.05, 0.1) is 6.42 Å². The number of halogens is 1. The summed E-state index contributed by atoms with van der Waals surface area (Å²) in [6.45, 7) is 0. The summed E-state index contributed by atoms with van der Waals surface area (Å²) >= 11 is 0. The second-order valence-electron chi connectivity index (χ2n) is 4.20. The van der Waals surface area contributed by atoms with Gasteiger partial charge in [-0.1, -0.05) is 12.1 Å². The smallest absolute Gasteiger partial charge is 0.310 e. The van der Waals surface area contributed by atoms with Crippen LogP contribution < -0.4 is 0 Å². The van der Waals surface area contributed by atoms with E-state index >= 15 is 0 Å². The minimum absolute atomic E-state index is 0.105. The molecule has 0 aliphatic heterocycles. The Morgan fingerprint density at radius 2 is 1.88 bits per heavy atom. The van der Waals surface area contributed by atoms with Gasteiger partial charge in [-0.25, -0.2) is 4.39 Å². The summed E-state index contributed by atoms with van der Waals surface area (Å²) in [6.07, 6.45) is 4.59. The van der Waals surface area contributed by atoms with Crippen molar-refractivity contribution in [2.24, 2.45) is 0 Å². The third kappa shape index (κ3) is 3.05. The van der Waals surface area contributed by atoms with Gasteiger partial charge in [0.1, 0.15) is 11.9 Å². The van der Waals surface area contributed by atoms with Gasteiger partial charge in [0.15, 0.2) is 0 Å². The summed E-state index contributed by atoms with van der Waals surface area (Å²) in [4.78, 5) is 11.5. The summed E-state index contributed by atoms with van der Waals surface area (Å²) in [5, 5.41) is 0. The van der Waals surface area contributed by atoms with Crippen LogP contribution in [0.1, 0.15) is 31.2 Å². The third-order valence-electron chi connectivity index (χ3n) is 2.86. The van der Waals surface area contributed by atoms with E-state index in [1.165, 1.54) is 12.1 Å². The van der Waals surface area contributed by atoms with Gasteiger partial charge in [-0.15, -0.1) is 0 Å². The first kappa shape index (κ1) is 11.1. The SMILES string of the molecule is O=C(Cc1ccc(F)cc1)OC1CCCC1. The number of hydrogen-bond donors (Lipinski definition) is 0. The van der Waals surface area contributed by atoms with Gasteiger partial charge < -0.3 is 4.74 Å². The fraction of sp³-hybridized carbons (Fsp3) is 0.462. The van der Waals surface area contributed by atoms with Crippen LogP contribution in [0.2, 0.25) is 0 Å². The van der Waals surface area contributed by atoms with Crippen LogP contribution in [0.3, 0.4) is 0 Å². The van der Waals surface area contributed by atoms with Crippen molar-refractivity contribution in [3.63, 3.8) is 0 Å². The van der Waals surface area contributed by atoms with Crippen molar-refractivity contribution in [1.29, 1.82) is 0 Å². The molecule has 3 heteroatoms. The standard InChI is InChI=1S/C13H15FO2/c14-11-7-5-10(6-8-11)9-13(15)16-12-3-1-2-4-12/h5-8,12H,1-4,9H2. The summed E-state index contributed by atoms with van der Waals surface area (Å²) < 4.78 is 17.9. The first-order chi connectivity index (χ1) is 7.74. The predicted molar refractivity (Wildman–Crippen MR) is 58.5 cm³/mol. The van der Waals surface area contributed by atoms with Gasteiger partial charge in [-0.3, -0.25) is 4.79 Å². The van der Waals surface area contributed by atoms with Crippen molar-refractivity contribution >= 4 is 5.97 Å². The molecule has 0 aromatic heterocycles. The Kier molecular flexibility index (Phi) is 3.54. The van der Waals surface area contributed by atoms with Crippen LogP contribution in [0.25, 0.3) is 0 Å². The van der Waals surface area contributed by atoms with Crippen molar-refractivity contribution in [3.05, 3.63) is 35.6 Å². The molecule has 16 heavy (non-hydrogen) atoms. The van der Waals surface area contributed by atoms with Crippen LogP contribution >= 0.6 is 0 Å². The average molecular weight is 222 g/mol. The number of rotatable bonds is 3. The zero-order valence-corrected chi connectivity index (χ0v) is 9.12. The monoisotopic (exact) mass is 222 g/mol. The van der Waals surface area contributed by atoms with E-state index < -0.39 is 0 Å². The van der Waals surface area contributed by atoms with Gasteiger partial charge >= 0.3 is 5.97 Å². The van der Waals surface area contributed by atoms with Crippen molar-refractivity contribution in [3.8, 4) is 0 Å². The van der Waals surface area contributed by atoms with Gasteiger partial charge in [-0.05, 0) is 43.4 Å². The van der Waals surface area contributed by atoms with E-state index in [2.05, 4.69) is 0 Å². The molecule has 1 aliphatic carbocycles. The molecule has 86 valence electrons. The molecule has 1 aliphatic rings. The van der Waals surface area contributed by atoms with Crippen molar-refractivity contribution in [2.75, 3.05) is 0 Å². The van der Waals surface area contributed by atoms with Crippen molar-refractivity contribution in [1.82, 2.24) is 0 Å². The number of ether oxygens (including phenoxy) is 1. The lowest BCUT2D eigenvalue weighted by atomic mass is 10.1. The minimum atomic E-state index is -0.284. The molecule has 0 amide bonds. The van der Waals surface area contributed by atoms with Crippen LogP contribution in [0.4, 0.5) is 4.39 Å². The normalized spacial score (nSPS) is 16.3. The van der Waals surface area contributed by atoms with Gasteiger partial charge in [0.25, 0.3) is 0 Å². The molecule has 0 spiro atoms. The lowest BCUT2D eigenvalue weighted by molar-refractivity contribution is -0.147. The molecule has 1 aromatic rings. The Hall–Kier alpha value is -1.38. The molecule has 2 rings (SSSR count). The number of hydrogen-bond acceptors (Lipinski definition) is 2. The van der Waals surface area contributed by atoms with E-state index in [-0.39, 0.29) is 24.3 Å². The summed E-state index contributed by atoms with van der Waals surface area (Å²) in [5.41, 5.74) is 0.796. The molecule has 0 bridgehead atoms. The van der Waals surface area contributed by atoms with E-state index in [1.807, 2.05) is 0 Å². The number of esters is 1. The maximum absolute atomic E-state index is 12.6. The van der Waals surface area contributed by atoms with E-state index in [9.17, 15) is 9.18 Å². The average Bonchev–Trinajstić information content (AvgIpc) is 2.74. The zero-order valence-electron chi connectivity index (χ0n) is 9.12. The van der Waals surface area contributed by atoms with E-state index in [0.29, 0.717) is 0 Å². The summed E-state index contributed by atoms with van der Waals surface area (Å²) in [7, 11) is 0. The molecule has 1 saturated carbocycles. The second-order valence-corrected chi connectivity index (χ2v) is 4.20. The number of carbonyl (C=O) groups excluding carboxylic acids is 1. The molecule has 0 heterocycles. The van der Waals surface area contributed by atoms with Crippen LogP contribution in [-0.4, -0.2) is 12.1 Å². The lowest BCUT2D eigenvalue weighted by Gasteiger charge is -2.10. The molecular weight excluding hydrogens is 207 g/mol. The molecule has 0 N–H and O–H groups in total. The fourth-order valence-corrected chi connectivity index (χ4v) is 2.00. The first-order valence-electron chi connectivity index (χ1n) is 5.68. The molecular formula is C13H15FO2. The minimum Gasteiger partial charge on any atom is -0.462 e. The van der Waals surface area contributed by atoms with E-state index in [4.69, 9.17) is 4.74 Å². The highest BCUT2D eigenvalue weighted by atomic mass is 19.1. The van der Waals surface area contributed by atoms with Crippen molar-refractivity contribution in [2.45, 2.75) is 38.2 Å². The molecule has 0 radical (unpaired) electrons. The number of carbonyl (C=O) groups is 1. The Morgan fingerprint density at radius 1 is 1.25 bits per heavy atom. The maximum atomic E-state index is 12.6. The highest BCUT2D eigenvalue weighted by molar-refractivity contribution is 5.72. The van der Waals surface area contributed by atoms with Crippen LogP contribution in [0, 0.1) is 5.82 Å².